The Hall–Kier alpha value is -2.01. The summed E-state index contributed by atoms with van der Waals surface area (Å²) in [5, 5.41) is 28.0. The molecule has 1 heterocycles. The first-order chi connectivity index (χ1) is 7.50. The van der Waals surface area contributed by atoms with Gasteiger partial charge in [-0.1, -0.05) is 0 Å². The highest BCUT2D eigenvalue weighted by Crippen LogP contribution is 2.32. The summed E-state index contributed by atoms with van der Waals surface area (Å²) in [6.45, 7) is 1.57. The highest BCUT2D eigenvalue weighted by molar-refractivity contribution is 5.88. The van der Waals surface area contributed by atoms with Crippen LogP contribution >= 0.6 is 0 Å². The molecule has 1 aromatic carbocycles. The first-order valence-corrected chi connectivity index (χ1v) is 4.63. The number of aliphatic carboxylic acids is 1. The molecule has 0 bridgehead atoms. The van der Waals surface area contributed by atoms with Gasteiger partial charge in [-0.3, -0.25) is 0 Å². The number of carboxylic acid groups (broad SMARTS) is 1. The van der Waals surface area contributed by atoms with Gasteiger partial charge in [-0.05, 0) is 19.1 Å². The lowest BCUT2D eigenvalue weighted by atomic mass is 10.1. The molecule has 16 heavy (non-hydrogen) atoms. The summed E-state index contributed by atoms with van der Waals surface area (Å²) in [5.41, 5.74) is 0.579. The molecular weight excluding hydrogens is 212 g/mol. The predicted molar refractivity (Wildman–Crippen MR) is 55.2 cm³/mol. The maximum absolute atomic E-state index is 10.7. The number of furan rings is 1. The minimum absolute atomic E-state index is 0.0256. The topological polar surface area (TPSA) is 90.9 Å². The number of hydrogen-bond acceptors (Lipinski definition) is 4. The quantitative estimate of drug-likeness (QED) is 0.717. The number of carbonyl (C=O) groups is 1. The molecule has 84 valence electrons. The van der Waals surface area contributed by atoms with Crippen LogP contribution in [0.1, 0.15) is 17.4 Å². The molecule has 0 amide bonds. The van der Waals surface area contributed by atoms with Gasteiger partial charge in [-0.15, -0.1) is 0 Å². The number of aryl methyl sites for hydroxylation is 1. The van der Waals surface area contributed by atoms with E-state index in [1.807, 2.05) is 0 Å². The van der Waals surface area contributed by atoms with Crippen LogP contribution in [0.2, 0.25) is 0 Å². The van der Waals surface area contributed by atoms with Crippen LogP contribution in [0.15, 0.2) is 22.6 Å². The smallest absolute Gasteiger partial charge is 0.337 e. The van der Waals surface area contributed by atoms with Crippen LogP contribution in [-0.2, 0) is 4.79 Å². The Balaban J connectivity index is 2.69. The molecule has 0 spiro atoms. The summed E-state index contributed by atoms with van der Waals surface area (Å²) < 4.78 is 5.27. The fraction of sp³-hybridized carbons (Fsp3) is 0.182. The van der Waals surface area contributed by atoms with Gasteiger partial charge < -0.3 is 19.7 Å². The lowest BCUT2D eigenvalue weighted by Crippen LogP contribution is -2.10. The van der Waals surface area contributed by atoms with Gasteiger partial charge in [0.25, 0.3) is 0 Å². The Kier molecular flexibility index (Phi) is 2.32. The number of aromatic hydroxyl groups is 1. The van der Waals surface area contributed by atoms with E-state index in [9.17, 15) is 15.0 Å². The maximum atomic E-state index is 10.7. The van der Waals surface area contributed by atoms with E-state index in [4.69, 9.17) is 9.52 Å². The van der Waals surface area contributed by atoms with Gasteiger partial charge in [-0.25, -0.2) is 4.79 Å². The summed E-state index contributed by atoms with van der Waals surface area (Å²) in [7, 11) is 0. The molecule has 0 radical (unpaired) electrons. The van der Waals surface area contributed by atoms with Gasteiger partial charge in [0.05, 0.1) is 0 Å². The fourth-order valence-corrected chi connectivity index (χ4v) is 1.69. The Bertz CT molecular complexity index is 555. The van der Waals surface area contributed by atoms with Crippen molar-refractivity contribution in [2.45, 2.75) is 13.0 Å². The number of hydrogen-bond donors (Lipinski definition) is 3. The van der Waals surface area contributed by atoms with Gasteiger partial charge in [-0.2, -0.15) is 0 Å². The van der Waals surface area contributed by atoms with E-state index in [0.29, 0.717) is 16.7 Å². The Morgan fingerprint density at radius 2 is 2.12 bits per heavy atom. The van der Waals surface area contributed by atoms with Crippen LogP contribution in [0.5, 0.6) is 5.75 Å². The summed E-state index contributed by atoms with van der Waals surface area (Å²) in [4.78, 5) is 10.7. The number of aliphatic hydroxyl groups is 1. The van der Waals surface area contributed by atoms with Gasteiger partial charge in [0.1, 0.15) is 17.1 Å². The largest absolute Gasteiger partial charge is 0.508 e. The molecule has 0 aliphatic carbocycles. The molecule has 1 atom stereocenters. The highest BCUT2D eigenvalue weighted by atomic mass is 16.4. The third kappa shape index (κ3) is 1.51. The number of fused-ring (bicyclic) bond motifs is 1. The van der Waals surface area contributed by atoms with Crippen molar-refractivity contribution in [3.8, 4) is 5.75 Å². The molecule has 1 unspecified atom stereocenters. The molecule has 0 aliphatic heterocycles. The lowest BCUT2D eigenvalue weighted by molar-refractivity contribution is -0.146. The first kappa shape index (κ1) is 10.5. The Morgan fingerprint density at radius 1 is 1.44 bits per heavy atom. The number of phenols is 1. The summed E-state index contributed by atoms with van der Waals surface area (Å²) in [6.07, 6.45) is -1.62. The zero-order valence-corrected chi connectivity index (χ0v) is 8.47. The second kappa shape index (κ2) is 3.53. The average Bonchev–Trinajstić information content (AvgIpc) is 2.51. The number of benzene rings is 1. The predicted octanol–water partition coefficient (Wildman–Crippen LogP) is 1.56. The van der Waals surface area contributed by atoms with E-state index in [0.717, 1.165) is 0 Å². The third-order valence-corrected chi connectivity index (χ3v) is 2.41. The minimum atomic E-state index is -1.62. The van der Waals surface area contributed by atoms with Crippen molar-refractivity contribution in [1.82, 2.24) is 0 Å². The van der Waals surface area contributed by atoms with E-state index in [-0.39, 0.29) is 11.3 Å². The molecule has 0 saturated heterocycles. The SMILES string of the molecule is Cc1oc2cc(O)ccc2c1C(O)C(=O)O. The van der Waals surface area contributed by atoms with E-state index in [1.54, 1.807) is 6.92 Å². The van der Waals surface area contributed by atoms with Gasteiger partial charge in [0.2, 0.25) is 0 Å². The summed E-state index contributed by atoms with van der Waals surface area (Å²) in [6, 6.07) is 4.30. The molecule has 5 nitrogen and oxygen atoms in total. The van der Waals surface area contributed by atoms with E-state index in [2.05, 4.69) is 0 Å². The van der Waals surface area contributed by atoms with Crippen LogP contribution in [0.3, 0.4) is 0 Å². The third-order valence-electron chi connectivity index (χ3n) is 2.41. The molecule has 0 saturated carbocycles. The second-order valence-corrected chi connectivity index (χ2v) is 3.49. The van der Waals surface area contributed by atoms with Crippen molar-refractivity contribution in [3.05, 3.63) is 29.5 Å². The molecule has 1 aromatic heterocycles. The molecular formula is C11H10O5. The van der Waals surface area contributed by atoms with Crippen molar-refractivity contribution in [3.63, 3.8) is 0 Å². The van der Waals surface area contributed by atoms with Gasteiger partial charge in [0.15, 0.2) is 6.10 Å². The monoisotopic (exact) mass is 222 g/mol. The van der Waals surface area contributed by atoms with Crippen molar-refractivity contribution in [2.24, 2.45) is 0 Å². The van der Waals surface area contributed by atoms with Crippen LogP contribution in [-0.4, -0.2) is 21.3 Å². The molecule has 2 rings (SSSR count). The van der Waals surface area contributed by atoms with E-state index in [1.165, 1.54) is 18.2 Å². The number of rotatable bonds is 2. The normalized spacial score (nSPS) is 12.9. The molecule has 0 fully saturated rings. The number of carboxylic acids is 1. The zero-order chi connectivity index (χ0) is 11.9. The average molecular weight is 222 g/mol. The van der Waals surface area contributed by atoms with E-state index >= 15 is 0 Å². The van der Waals surface area contributed by atoms with Crippen LogP contribution in [0.25, 0.3) is 11.0 Å². The van der Waals surface area contributed by atoms with Crippen LogP contribution < -0.4 is 0 Å². The van der Waals surface area contributed by atoms with Gasteiger partial charge >= 0.3 is 5.97 Å². The zero-order valence-electron chi connectivity index (χ0n) is 8.47. The maximum Gasteiger partial charge on any atom is 0.337 e. The fourth-order valence-electron chi connectivity index (χ4n) is 1.69. The van der Waals surface area contributed by atoms with Crippen molar-refractivity contribution < 1.29 is 24.5 Å². The number of aliphatic hydroxyl groups excluding tert-OH is 1. The Morgan fingerprint density at radius 3 is 2.75 bits per heavy atom. The minimum Gasteiger partial charge on any atom is -0.508 e. The number of phenolic OH excluding ortho intramolecular Hbond substituents is 1. The highest BCUT2D eigenvalue weighted by Gasteiger charge is 2.24. The second-order valence-electron chi connectivity index (χ2n) is 3.49. The standard InChI is InChI=1S/C11H10O5/c1-5-9(10(13)11(14)15)7-3-2-6(12)4-8(7)16-5/h2-4,10,12-13H,1H3,(H,14,15). The van der Waals surface area contributed by atoms with Crippen molar-refractivity contribution >= 4 is 16.9 Å². The van der Waals surface area contributed by atoms with Crippen molar-refractivity contribution in [1.29, 1.82) is 0 Å². The van der Waals surface area contributed by atoms with Crippen molar-refractivity contribution in [2.75, 3.05) is 0 Å². The first-order valence-electron chi connectivity index (χ1n) is 4.63. The van der Waals surface area contributed by atoms with E-state index < -0.39 is 12.1 Å². The van der Waals surface area contributed by atoms with Crippen LogP contribution in [0.4, 0.5) is 0 Å². The summed E-state index contributed by atoms with van der Waals surface area (Å²) in [5.74, 6) is -0.980. The molecule has 3 N–H and O–H groups in total. The molecule has 0 aliphatic rings. The Labute approximate surface area is 90.5 Å². The molecule has 2 aromatic rings. The lowest BCUT2D eigenvalue weighted by Gasteiger charge is -2.03. The summed E-state index contributed by atoms with van der Waals surface area (Å²) >= 11 is 0. The molecule has 5 heteroatoms. The van der Waals surface area contributed by atoms with Crippen LogP contribution in [0, 0.1) is 6.92 Å². The van der Waals surface area contributed by atoms with Gasteiger partial charge in [0, 0.05) is 17.0 Å².